The van der Waals surface area contributed by atoms with E-state index in [2.05, 4.69) is 20.7 Å². The lowest BCUT2D eigenvalue weighted by Crippen LogP contribution is -2.39. The van der Waals surface area contributed by atoms with E-state index in [0.717, 1.165) is 60.0 Å². The van der Waals surface area contributed by atoms with Crippen LogP contribution in [0.1, 0.15) is 47.8 Å². The predicted octanol–water partition coefficient (Wildman–Crippen LogP) is 3.92. The van der Waals surface area contributed by atoms with Gasteiger partial charge in [-0.1, -0.05) is 0 Å². The molecule has 0 spiro atoms. The summed E-state index contributed by atoms with van der Waals surface area (Å²) in [6.45, 7) is 2.68. The fourth-order valence-electron chi connectivity index (χ4n) is 3.96. The zero-order valence-electron chi connectivity index (χ0n) is 14.7. The summed E-state index contributed by atoms with van der Waals surface area (Å²) in [6, 6.07) is 5.83. The third-order valence-electron chi connectivity index (χ3n) is 5.55. The molecule has 1 aliphatic carbocycles. The van der Waals surface area contributed by atoms with Crippen molar-refractivity contribution in [2.75, 3.05) is 13.1 Å². The maximum Gasteiger partial charge on any atom is 0.253 e. The van der Waals surface area contributed by atoms with Crippen LogP contribution < -0.4 is 0 Å². The second-order valence-electron chi connectivity index (χ2n) is 7.51. The zero-order chi connectivity index (χ0) is 17.5. The number of carbonyl (C=O) groups excluding carboxylic acids is 1. The second kappa shape index (κ2) is 6.50. The number of piperidine rings is 1. The molecule has 1 aliphatic heterocycles. The van der Waals surface area contributed by atoms with Crippen molar-refractivity contribution in [2.24, 2.45) is 5.92 Å². The van der Waals surface area contributed by atoms with E-state index in [0.29, 0.717) is 5.92 Å². The summed E-state index contributed by atoms with van der Waals surface area (Å²) in [4.78, 5) is 24.0. The Bertz CT molecular complexity index is 942. The van der Waals surface area contributed by atoms with Gasteiger partial charge in [-0.05, 0) is 49.8 Å². The molecule has 1 atom stereocenters. The highest BCUT2D eigenvalue weighted by atomic mass is 32.1. The number of nitrogens with zero attached hydrogens (tertiary/aromatic N) is 4. The molecule has 3 aromatic rings. The highest BCUT2D eigenvalue weighted by Crippen LogP contribution is 2.33. The van der Waals surface area contributed by atoms with Crippen molar-refractivity contribution in [3.05, 3.63) is 47.5 Å². The SMILES string of the molecule is O=C(c1ccc2ncsc2c1)N1CCC[C@@H](c2nccn2CC2CC2)C1. The van der Waals surface area contributed by atoms with Gasteiger partial charge in [-0.2, -0.15) is 0 Å². The molecule has 0 unspecified atom stereocenters. The van der Waals surface area contributed by atoms with Crippen LogP contribution in [0.3, 0.4) is 0 Å². The number of rotatable bonds is 4. The van der Waals surface area contributed by atoms with E-state index in [1.807, 2.05) is 34.8 Å². The van der Waals surface area contributed by atoms with E-state index < -0.39 is 0 Å². The minimum Gasteiger partial charge on any atom is -0.338 e. The molecule has 0 radical (unpaired) electrons. The van der Waals surface area contributed by atoms with E-state index in [4.69, 9.17) is 0 Å². The van der Waals surface area contributed by atoms with E-state index in [-0.39, 0.29) is 5.91 Å². The molecular weight excluding hydrogens is 344 g/mol. The van der Waals surface area contributed by atoms with Gasteiger partial charge in [0.05, 0.1) is 15.7 Å². The molecule has 134 valence electrons. The molecular formula is C20H22N4OS. The van der Waals surface area contributed by atoms with Crippen LogP contribution in [0.4, 0.5) is 0 Å². The molecule has 1 saturated heterocycles. The van der Waals surface area contributed by atoms with Crippen LogP contribution in [0.2, 0.25) is 0 Å². The van der Waals surface area contributed by atoms with Crippen LogP contribution in [0.25, 0.3) is 10.2 Å². The molecule has 2 aromatic heterocycles. The van der Waals surface area contributed by atoms with Gasteiger partial charge in [-0.25, -0.2) is 9.97 Å². The minimum absolute atomic E-state index is 0.130. The Morgan fingerprint density at radius 3 is 3.04 bits per heavy atom. The first-order valence-corrected chi connectivity index (χ1v) is 10.3. The number of likely N-dealkylation sites (tertiary alicyclic amines) is 1. The second-order valence-corrected chi connectivity index (χ2v) is 8.39. The molecule has 3 heterocycles. The third-order valence-corrected chi connectivity index (χ3v) is 6.34. The maximum absolute atomic E-state index is 13.0. The van der Waals surface area contributed by atoms with Gasteiger partial charge in [-0.3, -0.25) is 4.79 Å². The molecule has 6 heteroatoms. The summed E-state index contributed by atoms with van der Waals surface area (Å²) < 4.78 is 3.39. The summed E-state index contributed by atoms with van der Waals surface area (Å²) >= 11 is 1.58. The highest BCUT2D eigenvalue weighted by Gasteiger charge is 2.29. The molecule has 2 aliphatic rings. The van der Waals surface area contributed by atoms with Crippen LogP contribution in [0, 0.1) is 5.92 Å². The first kappa shape index (κ1) is 16.0. The Kier molecular flexibility index (Phi) is 4.00. The van der Waals surface area contributed by atoms with Crippen LogP contribution in [0.5, 0.6) is 0 Å². The highest BCUT2D eigenvalue weighted by molar-refractivity contribution is 7.16. The van der Waals surface area contributed by atoms with Crippen molar-refractivity contribution in [3.63, 3.8) is 0 Å². The molecule has 1 aromatic carbocycles. The number of amides is 1. The fourth-order valence-corrected chi connectivity index (χ4v) is 4.67. The van der Waals surface area contributed by atoms with Crippen molar-refractivity contribution in [1.82, 2.24) is 19.4 Å². The predicted molar refractivity (Wildman–Crippen MR) is 102 cm³/mol. The van der Waals surface area contributed by atoms with E-state index in [9.17, 15) is 4.79 Å². The molecule has 0 bridgehead atoms. The number of aromatic nitrogens is 3. The molecule has 0 N–H and O–H groups in total. The Morgan fingerprint density at radius 1 is 1.23 bits per heavy atom. The summed E-state index contributed by atoms with van der Waals surface area (Å²) in [5, 5.41) is 0. The van der Waals surface area contributed by atoms with Crippen molar-refractivity contribution >= 4 is 27.5 Å². The number of imidazole rings is 1. The van der Waals surface area contributed by atoms with Gasteiger partial charge in [0.1, 0.15) is 5.82 Å². The smallest absolute Gasteiger partial charge is 0.253 e. The summed E-state index contributed by atoms with van der Waals surface area (Å²) in [7, 11) is 0. The van der Waals surface area contributed by atoms with Crippen molar-refractivity contribution in [1.29, 1.82) is 0 Å². The van der Waals surface area contributed by atoms with Gasteiger partial charge >= 0.3 is 0 Å². The van der Waals surface area contributed by atoms with Gasteiger partial charge in [0.25, 0.3) is 5.91 Å². The summed E-state index contributed by atoms with van der Waals surface area (Å²) in [5.41, 5.74) is 3.56. The van der Waals surface area contributed by atoms with Gasteiger partial charge in [-0.15, -0.1) is 11.3 Å². The van der Waals surface area contributed by atoms with Gasteiger partial charge in [0.15, 0.2) is 0 Å². The van der Waals surface area contributed by atoms with Crippen molar-refractivity contribution < 1.29 is 4.79 Å². The monoisotopic (exact) mass is 366 g/mol. The first-order chi connectivity index (χ1) is 12.8. The number of thiazole rings is 1. The number of hydrogen-bond donors (Lipinski definition) is 0. The Labute approximate surface area is 156 Å². The third kappa shape index (κ3) is 3.03. The Hall–Kier alpha value is -2.21. The minimum atomic E-state index is 0.130. The topological polar surface area (TPSA) is 51.0 Å². The number of carbonyl (C=O) groups is 1. The summed E-state index contributed by atoms with van der Waals surface area (Å²) in [5.74, 6) is 2.46. The van der Waals surface area contributed by atoms with E-state index in [1.165, 1.54) is 12.8 Å². The van der Waals surface area contributed by atoms with Gasteiger partial charge < -0.3 is 9.47 Å². The largest absolute Gasteiger partial charge is 0.338 e. The van der Waals surface area contributed by atoms with Crippen molar-refractivity contribution in [3.8, 4) is 0 Å². The molecule has 2 fully saturated rings. The van der Waals surface area contributed by atoms with E-state index >= 15 is 0 Å². The number of hydrogen-bond acceptors (Lipinski definition) is 4. The Balaban J connectivity index is 1.35. The quantitative estimate of drug-likeness (QED) is 0.703. The zero-order valence-corrected chi connectivity index (χ0v) is 15.5. The van der Waals surface area contributed by atoms with Crippen molar-refractivity contribution in [2.45, 2.75) is 38.1 Å². The average Bonchev–Trinajstić information content (AvgIpc) is 3.17. The van der Waals surface area contributed by atoms with Gasteiger partial charge in [0.2, 0.25) is 0 Å². The van der Waals surface area contributed by atoms with Gasteiger partial charge in [0, 0.05) is 43.5 Å². The molecule has 5 rings (SSSR count). The molecule has 1 saturated carbocycles. The van der Waals surface area contributed by atoms with Crippen LogP contribution in [-0.4, -0.2) is 38.4 Å². The molecule has 5 nitrogen and oxygen atoms in total. The number of fused-ring (bicyclic) bond motifs is 1. The average molecular weight is 366 g/mol. The lowest BCUT2D eigenvalue weighted by Gasteiger charge is -2.32. The lowest BCUT2D eigenvalue weighted by molar-refractivity contribution is 0.0703. The number of benzene rings is 1. The van der Waals surface area contributed by atoms with E-state index in [1.54, 1.807) is 11.3 Å². The first-order valence-electron chi connectivity index (χ1n) is 9.41. The summed E-state index contributed by atoms with van der Waals surface area (Å²) in [6.07, 6.45) is 8.84. The standard InChI is InChI=1S/C20H22N4OS/c25-20(15-5-6-17-18(10-15)26-13-22-17)24-8-1-2-16(12-24)19-21-7-9-23(19)11-14-3-4-14/h5-7,9-10,13-14,16H,1-4,8,11-12H2/t16-/m1/s1. The van der Waals surface area contributed by atoms with Crippen LogP contribution in [-0.2, 0) is 6.54 Å². The van der Waals surface area contributed by atoms with Crippen LogP contribution >= 0.6 is 11.3 Å². The molecule has 1 amide bonds. The normalized spacial score (nSPS) is 20.6. The van der Waals surface area contributed by atoms with Crippen LogP contribution in [0.15, 0.2) is 36.1 Å². The maximum atomic E-state index is 13.0. The molecule has 26 heavy (non-hydrogen) atoms. The lowest BCUT2D eigenvalue weighted by atomic mass is 9.96. The Morgan fingerprint density at radius 2 is 2.15 bits per heavy atom. The fraction of sp³-hybridized carbons (Fsp3) is 0.450.